The van der Waals surface area contributed by atoms with Gasteiger partial charge in [0, 0.05) is 0 Å². The summed E-state index contributed by atoms with van der Waals surface area (Å²) in [6.07, 6.45) is 7.19. The van der Waals surface area contributed by atoms with Crippen molar-refractivity contribution >= 4 is 0 Å². The quantitative estimate of drug-likeness (QED) is 0.586. The van der Waals surface area contributed by atoms with E-state index in [1.54, 1.807) is 0 Å². The zero-order valence-electron chi connectivity index (χ0n) is 13.3. The van der Waals surface area contributed by atoms with Gasteiger partial charge in [-0.05, 0) is 60.8 Å². The summed E-state index contributed by atoms with van der Waals surface area (Å²) in [7, 11) is 0. The third-order valence-electron chi connectivity index (χ3n) is 4.76. The lowest BCUT2D eigenvalue weighted by Gasteiger charge is -2.27. The van der Waals surface area contributed by atoms with Crippen LogP contribution in [0.3, 0.4) is 0 Å². The molecule has 1 aliphatic rings. The van der Waals surface area contributed by atoms with E-state index in [9.17, 15) is 0 Å². The maximum absolute atomic E-state index is 2.38. The second kappa shape index (κ2) is 5.89. The third kappa shape index (κ3) is 2.81. The van der Waals surface area contributed by atoms with Crippen LogP contribution < -0.4 is 0 Å². The Kier molecular flexibility index (Phi) is 3.96. The van der Waals surface area contributed by atoms with Gasteiger partial charge in [0.2, 0.25) is 0 Å². The van der Waals surface area contributed by atoms with E-state index in [0.29, 0.717) is 11.8 Å². The summed E-state index contributed by atoms with van der Waals surface area (Å²) >= 11 is 0. The summed E-state index contributed by atoms with van der Waals surface area (Å²) in [5, 5.41) is 0. The maximum Gasteiger partial charge on any atom is -0.00926 e. The Morgan fingerprint density at radius 2 is 1.76 bits per heavy atom. The molecule has 0 aliphatic heterocycles. The van der Waals surface area contributed by atoms with Gasteiger partial charge in [-0.3, -0.25) is 0 Å². The molecule has 0 saturated carbocycles. The van der Waals surface area contributed by atoms with Gasteiger partial charge in [0.05, 0.1) is 0 Å². The standard InChI is InChI=1S/C21H24/c1-15-12-13-17(3)21(14-15)20-11-7-6-10-19(20)18-9-5-4-8-16(18)2/h4,6-8,10-14,16,18H,5,9H2,1-3H3. The third-order valence-corrected chi connectivity index (χ3v) is 4.76. The highest BCUT2D eigenvalue weighted by molar-refractivity contribution is 5.72. The number of aryl methyl sites for hydroxylation is 2. The fraction of sp³-hybridized carbons (Fsp3) is 0.333. The lowest BCUT2D eigenvalue weighted by molar-refractivity contribution is 0.493. The molecule has 0 aromatic heterocycles. The van der Waals surface area contributed by atoms with Gasteiger partial charge in [-0.15, -0.1) is 0 Å². The number of allylic oxidation sites excluding steroid dienone is 2. The molecule has 0 radical (unpaired) electrons. The highest BCUT2D eigenvalue weighted by Crippen LogP contribution is 2.39. The van der Waals surface area contributed by atoms with E-state index in [1.807, 2.05) is 0 Å². The zero-order valence-corrected chi connectivity index (χ0v) is 13.3. The average molecular weight is 276 g/mol. The van der Waals surface area contributed by atoms with Crippen LogP contribution >= 0.6 is 0 Å². The van der Waals surface area contributed by atoms with Crippen molar-refractivity contribution in [3.63, 3.8) is 0 Å². The van der Waals surface area contributed by atoms with Crippen LogP contribution in [0.25, 0.3) is 11.1 Å². The molecule has 0 heteroatoms. The van der Waals surface area contributed by atoms with Crippen molar-refractivity contribution < 1.29 is 0 Å². The summed E-state index contributed by atoms with van der Waals surface area (Å²) in [5.74, 6) is 1.27. The molecular formula is C21H24. The minimum atomic E-state index is 0.630. The molecule has 0 amide bonds. The molecule has 0 spiro atoms. The van der Waals surface area contributed by atoms with Crippen LogP contribution in [0.2, 0.25) is 0 Å². The van der Waals surface area contributed by atoms with E-state index in [2.05, 4.69) is 75.4 Å². The largest absolute Gasteiger partial charge is 0.0882 e. The van der Waals surface area contributed by atoms with Crippen molar-refractivity contribution in [2.75, 3.05) is 0 Å². The Hall–Kier alpha value is -1.82. The fourth-order valence-corrected chi connectivity index (χ4v) is 3.51. The summed E-state index contributed by atoms with van der Waals surface area (Å²) in [4.78, 5) is 0. The highest BCUT2D eigenvalue weighted by atomic mass is 14.3. The molecule has 0 saturated heterocycles. The van der Waals surface area contributed by atoms with Crippen LogP contribution in [0.15, 0.2) is 54.6 Å². The Morgan fingerprint density at radius 3 is 2.57 bits per heavy atom. The second-order valence-corrected chi connectivity index (χ2v) is 6.38. The van der Waals surface area contributed by atoms with Gasteiger partial charge in [-0.25, -0.2) is 0 Å². The molecule has 0 heterocycles. The predicted molar refractivity (Wildman–Crippen MR) is 91.6 cm³/mol. The average Bonchev–Trinajstić information content (AvgIpc) is 2.50. The molecule has 0 nitrogen and oxygen atoms in total. The summed E-state index contributed by atoms with van der Waals surface area (Å²) in [6, 6.07) is 15.8. The normalized spacial score (nSPS) is 21.5. The molecule has 2 aromatic carbocycles. The molecule has 0 fully saturated rings. The van der Waals surface area contributed by atoms with Crippen LogP contribution in [0.1, 0.15) is 42.4 Å². The molecule has 2 aromatic rings. The monoisotopic (exact) mass is 276 g/mol. The van der Waals surface area contributed by atoms with E-state index in [1.165, 1.54) is 40.7 Å². The lowest BCUT2D eigenvalue weighted by Crippen LogP contribution is -2.12. The predicted octanol–water partition coefficient (Wildman–Crippen LogP) is 6.04. The molecule has 108 valence electrons. The first kappa shape index (κ1) is 14.1. The van der Waals surface area contributed by atoms with E-state index < -0.39 is 0 Å². The van der Waals surface area contributed by atoms with Crippen molar-refractivity contribution in [1.82, 2.24) is 0 Å². The lowest BCUT2D eigenvalue weighted by atomic mass is 9.77. The molecule has 21 heavy (non-hydrogen) atoms. The van der Waals surface area contributed by atoms with Gasteiger partial charge in [-0.2, -0.15) is 0 Å². The molecule has 3 rings (SSSR count). The van der Waals surface area contributed by atoms with Crippen LogP contribution in [0, 0.1) is 19.8 Å². The highest BCUT2D eigenvalue weighted by Gasteiger charge is 2.22. The fourth-order valence-electron chi connectivity index (χ4n) is 3.51. The Balaban J connectivity index is 2.12. The van der Waals surface area contributed by atoms with E-state index in [-0.39, 0.29) is 0 Å². The van der Waals surface area contributed by atoms with Gasteiger partial charge in [0.15, 0.2) is 0 Å². The summed E-state index contributed by atoms with van der Waals surface area (Å²) < 4.78 is 0. The van der Waals surface area contributed by atoms with Crippen molar-refractivity contribution in [1.29, 1.82) is 0 Å². The maximum atomic E-state index is 2.38. The van der Waals surface area contributed by atoms with E-state index in [4.69, 9.17) is 0 Å². The van der Waals surface area contributed by atoms with Crippen LogP contribution in [0.4, 0.5) is 0 Å². The van der Waals surface area contributed by atoms with E-state index in [0.717, 1.165) is 0 Å². The van der Waals surface area contributed by atoms with Gasteiger partial charge >= 0.3 is 0 Å². The Bertz CT molecular complexity index is 663. The Labute approximate surface area is 128 Å². The SMILES string of the molecule is Cc1ccc(C)c(-c2ccccc2C2CCC=CC2C)c1. The summed E-state index contributed by atoms with van der Waals surface area (Å²) in [6.45, 7) is 6.74. The van der Waals surface area contributed by atoms with Crippen molar-refractivity contribution in [3.8, 4) is 11.1 Å². The molecule has 0 bridgehead atoms. The first-order valence-electron chi connectivity index (χ1n) is 8.00. The van der Waals surface area contributed by atoms with Gasteiger partial charge in [-0.1, -0.05) is 67.1 Å². The minimum Gasteiger partial charge on any atom is -0.0882 e. The molecular weight excluding hydrogens is 252 g/mol. The molecule has 1 aliphatic carbocycles. The zero-order chi connectivity index (χ0) is 14.8. The van der Waals surface area contributed by atoms with Gasteiger partial charge in [0.25, 0.3) is 0 Å². The van der Waals surface area contributed by atoms with E-state index >= 15 is 0 Å². The van der Waals surface area contributed by atoms with Gasteiger partial charge in [0.1, 0.15) is 0 Å². The number of hydrogen-bond acceptors (Lipinski definition) is 0. The molecule has 0 N–H and O–H groups in total. The first-order valence-corrected chi connectivity index (χ1v) is 8.00. The molecule has 2 atom stereocenters. The number of rotatable bonds is 2. The minimum absolute atomic E-state index is 0.630. The Morgan fingerprint density at radius 1 is 0.952 bits per heavy atom. The van der Waals surface area contributed by atoms with Gasteiger partial charge < -0.3 is 0 Å². The topological polar surface area (TPSA) is 0 Å². The van der Waals surface area contributed by atoms with Crippen molar-refractivity contribution in [2.45, 2.75) is 39.5 Å². The van der Waals surface area contributed by atoms with Crippen LogP contribution in [-0.2, 0) is 0 Å². The summed E-state index contributed by atoms with van der Waals surface area (Å²) in [5.41, 5.74) is 7.04. The van der Waals surface area contributed by atoms with Crippen LogP contribution in [-0.4, -0.2) is 0 Å². The van der Waals surface area contributed by atoms with Crippen molar-refractivity contribution in [2.24, 2.45) is 5.92 Å². The second-order valence-electron chi connectivity index (χ2n) is 6.38. The number of hydrogen-bond donors (Lipinski definition) is 0. The first-order chi connectivity index (χ1) is 10.2. The van der Waals surface area contributed by atoms with Crippen LogP contribution in [0.5, 0.6) is 0 Å². The smallest absolute Gasteiger partial charge is 0.00926 e. The van der Waals surface area contributed by atoms with Crippen molar-refractivity contribution in [3.05, 3.63) is 71.3 Å². The molecule has 2 unspecified atom stereocenters. The number of benzene rings is 2.